The van der Waals surface area contributed by atoms with Crippen molar-refractivity contribution in [2.45, 2.75) is 38.0 Å². The monoisotopic (exact) mass is 435 g/mol. The van der Waals surface area contributed by atoms with Crippen LogP contribution in [0.2, 0.25) is 0 Å². The number of esters is 1. The smallest absolute Gasteiger partial charge is 0.306 e. The summed E-state index contributed by atoms with van der Waals surface area (Å²) >= 11 is 0. The van der Waals surface area contributed by atoms with Crippen molar-refractivity contribution in [3.63, 3.8) is 0 Å². The number of anilines is 1. The van der Waals surface area contributed by atoms with E-state index in [0.29, 0.717) is 19.5 Å². The Balaban J connectivity index is 1.37. The Hall–Kier alpha value is -3.48. The van der Waals surface area contributed by atoms with E-state index in [1.54, 1.807) is 23.4 Å². The lowest BCUT2D eigenvalue weighted by molar-refractivity contribution is -0.141. The molecule has 0 saturated carbocycles. The standard InChI is InChI=1S/C25H29N3O4/c1-32-25(31)16-20-18-28(22-10-5-4-9-21(20)22)24(30)11-3-2-6-15-27-23(29)13-12-19-8-7-14-26-17-19/h4-5,7-10,12-14,17,20H,2-3,6,11,15-16,18H2,1H3,(H,27,29)/b13-12+. The molecule has 1 aromatic heterocycles. The van der Waals surface area contributed by atoms with Gasteiger partial charge in [0.05, 0.1) is 13.5 Å². The third-order valence-corrected chi connectivity index (χ3v) is 5.49. The largest absolute Gasteiger partial charge is 0.469 e. The molecular formula is C25H29N3O4. The first-order valence-corrected chi connectivity index (χ1v) is 10.9. The summed E-state index contributed by atoms with van der Waals surface area (Å²) in [6.07, 6.45) is 9.71. The van der Waals surface area contributed by atoms with Crippen LogP contribution in [-0.2, 0) is 19.1 Å². The summed E-state index contributed by atoms with van der Waals surface area (Å²) in [6, 6.07) is 11.4. The van der Waals surface area contributed by atoms with Gasteiger partial charge in [-0.2, -0.15) is 0 Å². The van der Waals surface area contributed by atoms with Gasteiger partial charge in [-0.25, -0.2) is 0 Å². The van der Waals surface area contributed by atoms with Gasteiger partial charge >= 0.3 is 5.97 Å². The number of carbonyl (C=O) groups is 3. The third-order valence-electron chi connectivity index (χ3n) is 5.49. The van der Waals surface area contributed by atoms with Crippen LogP contribution in [0.5, 0.6) is 0 Å². The molecule has 168 valence electrons. The molecule has 2 aromatic rings. The minimum Gasteiger partial charge on any atom is -0.469 e. The number of hydrogen-bond acceptors (Lipinski definition) is 5. The number of ether oxygens (including phenoxy) is 1. The number of pyridine rings is 1. The van der Waals surface area contributed by atoms with Gasteiger partial charge in [0.2, 0.25) is 11.8 Å². The molecule has 1 atom stereocenters. The van der Waals surface area contributed by atoms with E-state index in [9.17, 15) is 14.4 Å². The third kappa shape index (κ3) is 6.51. The summed E-state index contributed by atoms with van der Waals surface area (Å²) in [5.41, 5.74) is 2.78. The number of hydrogen-bond donors (Lipinski definition) is 1. The predicted molar refractivity (Wildman–Crippen MR) is 123 cm³/mol. The summed E-state index contributed by atoms with van der Waals surface area (Å²) in [5, 5.41) is 2.85. The molecule has 1 aliphatic rings. The molecule has 2 amide bonds. The number of aromatic nitrogens is 1. The molecule has 0 bridgehead atoms. The van der Waals surface area contributed by atoms with Crippen LogP contribution in [0.3, 0.4) is 0 Å². The van der Waals surface area contributed by atoms with Crippen LogP contribution >= 0.6 is 0 Å². The second kappa shape index (κ2) is 11.8. The van der Waals surface area contributed by atoms with E-state index in [0.717, 1.165) is 36.1 Å². The molecule has 3 rings (SSSR count). The number of fused-ring (bicyclic) bond motifs is 1. The van der Waals surface area contributed by atoms with Crippen LogP contribution < -0.4 is 10.2 Å². The Labute approximate surface area is 188 Å². The summed E-state index contributed by atoms with van der Waals surface area (Å²) in [4.78, 5) is 42.2. The van der Waals surface area contributed by atoms with Crippen LogP contribution in [-0.4, -0.2) is 43.0 Å². The maximum Gasteiger partial charge on any atom is 0.306 e. The van der Waals surface area contributed by atoms with E-state index >= 15 is 0 Å². The van der Waals surface area contributed by atoms with Crippen molar-refractivity contribution in [1.29, 1.82) is 0 Å². The average molecular weight is 436 g/mol. The normalized spacial score (nSPS) is 14.9. The lowest BCUT2D eigenvalue weighted by Gasteiger charge is -2.18. The molecule has 1 unspecified atom stereocenters. The number of nitrogens with zero attached hydrogens (tertiary/aromatic N) is 2. The summed E-state index contributed by atoms with van der Waals surface area (Å²) < 4.78 is 4.80. The highest BCUT2D eigenvalue weighted by Crippen LogP contribution is 2.38. The topological polar surface area (TPSA) is 88.6 Å². The maximum atomic E-state index is 12.8. The second-order valence-corrected chi connectivity index (χ2v) is 7.76. The van der Waals surface area contributed by atoms with Crippen molar-refractivity contribution in [1.82, 2.24) is 10.3 Å². The van der Waals surface area contributed by atoms with Gasteiger partial charge in [0.1, 0.15) is 0 Å². The van der Waals surface area contributed by atoms with Crippen LogP contribution in [0.1, 0.15) is 49.1 Å². The molecule has 1 aromatic carbocycles. The van der Waals surface area contributed by atoms with Gasteiger partial charge in [0, 0.05) is 49.6 Å². The first-order chi connectivity index (χ1) is 15.6. The van der Waals surface area contributed by atoms with Crippen molar-refractivity contribution >= 4 is 29.5 Å². The lowest BCUT2D eigenvalue weighted by atomic mass is 9.98. The van der Waals surface area contributed by atoms with Crippen molar-refractivity contribution in [3.8, 4) is 0 Å². The Morgan fingerprint density at radius 1 is 1.16 bits per heavy atom. The molecular weight excluding hydrogens is 406 g/mol. The second-order valence-electron chi connectivity index (χ2n) is 7.76. The highest BCUT2D eigenvalue weighted by Gasteiger charge is 2.33. The van der Waals surface area contributed by atoms with E-state index in [1.807, 2.05) is 36.4 Å². The number of carbonyl (C=O) groups excluding carboxylic acids is 3. The van der Waals surface area contributed by atoms with E-state index in [4.69, 9.17) is 4.74 Å². The highest BCUT2D eigenvalue weighted by molar-refractivity contribution is 5.96. The minimum atomic E-state index is -0.267. The van der Waals surface area contributed by atoms with Gasteiger partial charge in [-0.15, -0.1) is 0 Å². The van der Waals surface area contributed by atoms with Gasteiger partial charge in [0.25, 0.3) is 0 Å². The SMILES string of the molecule is COC(=O)CC1CN(C(=O)CCCCCNC(=O)/C=C/c2cccnc2)c2ccccc21. The average Bonchev–Trinajstić information content (AvgIpc) is 3.19. The molecule has 0 fully saturated rings. The number of unbranched alkanes of at least 4 members (excludes halogenated alkanes) is 2. The number of methoxy groups -OCH3 is 1. The van der Waals surface area contributed by atoms with Gasteiger partial charge in [-0.05, 0) is 42.2 Å². The van der Waals surface area contributed by atoms with E-state index < -0.39 is 0 Å². The lowest BCUT2D eigenvalue weighted by Crippen LogP contribution is -2.30. The van der Waals surface area contributed by atoms with Crippen LogP contribution in [0.25, 0.3) is 6.08 Å². The van der Waals surface area contributed by atoms with Crippen LogP contribution in [0.4, 0.5) is 5.69 Å². The van der Waals surface area contributed by atoms with Gasteiger partial charge in [-0.3, -0.25) is 19.4 Å². The first-order valence-electron chi connectivity index (χ1n) is 10.9. The predicted octanol–water partition coefficient (Wildman–Crippen LogP) is 3.46. The van der Waals surface area contributed by atoms with Crippen LogP contribution in [0.15, 0.2) is 54.9 Å². The van der Waals surface area contributed by atoms with Gasteiger partial charge in [-0.1, -0.05) is 30.7 Å². The fraction of sp³-hybridized carbons (Fsp3) is 0.360. The van der Waals surface area contributed by atoms with Crippen molar-refractivity contribution in [3.05, 3.63) is 66.0 Å². The molecule has 0 aliphatic carbocycles. The fourth-order valence-electron chi connectivity index (χ4n) is 3.82. The van der Waals surface area contributed by atoms with Gasteiger partial charge < -0.3 is 15.0 Å². The number of para-hydroxylation sites is 1. The molecule has 7 heteroatoms. The summed E-state index contributed by atoms with van der Waals surface area (Å²) in [6.45, 7) is 1.07. The number of amides is 2. The summed E-state index contributed by atoms with van der Waals surface area (Å²) in [5.74, 6) is -0.377. The fourth-order valence-corrected chi connectivity index (χ4v) is 3.82. The molecule has 0 saturated heterocycles. The van der Waals surface area contributed by atoms with Crippen molar-refractivity contribution < 1.29 is 19.1 Å². The quantitative estimate of drug-likeness (QED) is 0.351. The number of rotatable bonds is 10. The zero-order valence-corrected chi connectivity index (χ0v) is 18.3. The highest BCUT2D eigenvalue weighted by atomic mass is 16.5. The molecule has 1 aliphatic heterocycles. The Bertz CT molecular complexity index is 959. The summed E-state index contributed by atoms with van der Waals surface area (Å²) in [7, 11) is 1.38. The van der Waals surface area contributed by atoms with E-state index in [2.05, 4.69) is 10.3 Å². The Morgan fingerprint density at radius 3 is 2.78 bits per heavy atom. The first kappa shape index (κ1) is 23.2. The molecule has 2 heterocycles. The van der Waals surface area contributed by atoms with E-state index in [-0.39, 0.29) is 30.1 Å². The minimum absolute atomic E-state index is 0.0301. The van der Waals surface area contributed by atoms with Crippen molar-refractivity contribution in [2.75, 3.05) is 25.1 Å². The number of nitrogens with one attached hydrogen (secondary N) is 1. The van der Waals surface area contributed by atoms with Crippen LogP contribution in [0, 0.1) is 0 Å². The maximum absolute atomic E-state index is 12.8. The molecule has 0 spiro atoms. The Morgan fingerprint density at radius 2 is 2.00 bits per heavy atom. The Kier molecular flexibility index (Phi) is 8.54. The zero-order valence-electron chi connectivity index (χ0n) is 18.3. The molecule has 32 heavy (non-hydrogen) atoms. The molecule has 7 nitrogen and oxygen atoms in total. The number of benzene rings is 1. The van der Waals surface area contributed by atoms with E-state index in [1.165, 1.54) is 13.2 Å². The van der Waals surface area contributed by atoms with Gasteiger partial charge in [0.15, 0.2) is 0 Å². The molecule has 1 N–H and O–H groups in total. The van der Waals surface area contributed by atoms with Crippen molar-refractivity contribution in [2.24, 2.45) is 0 Å². The zero-order chi connectivity index (χ0) is 22.8. The molecule has 0 radical (unpaired) electrons.